The number of nitrogens with two attached hydrogens (primary N) is 1. The van der Waals surface area contributed by atoms with Gasteiger partial charge in [0.1, 0.15) is 17.8 Å². The summed E-state index contributed by atoms with van der Waals surface area (Å²) in [5, 5.41) is 0. The summed E-state index contributed by atoms with van der Waals surface area (Å²) in [5.74, 6) is -0.957. The van der Waals surface area contributed by atoms with E-state index in [9.17, 15) is 18.0 Å². The van der Waals surface area contributed by atoms with Crippen molar-refractivity contribution in [3.8, 4) is 0 Å². The van der Waals surface area contributed by atoms with Crippen LogP contribution in [0, 0.1) is 0 Å². The van der Waals surface area contributed by atoms with Crippen molar-refractivity contribution in [2.45, 2.75) is 12.6 Å². The van der Waals surface area contributed by atoms with Gasteiger partial charge in [-0.1, -0.05) is 6.07 Å². The van der Waals surface area contributed by atoms with Crippen LogP contribution in [0.25, 0.3) is 11.0 Å². The fourth-order valence-electron chi connectivity index (χ4n) is 1.56. The first kappa shape index (κ1) is 11.4. The van der Waals surface area contributed by atoms with E-state index in [0.29, 0.717) is 5.52 Å². The lowest BCUT2D eigenvalue weighted by Gasteiger charge is -2.01. The number of H-pyrrole nitrogens is 1. The number of alkyl halides is 3. The number of amides is 1. The van der Waals surface area contributed by atoms with Gasteiger partial charge in [0.15, 0.2) is 0 Å². The van der Waals surface area contributed by atoms with Crippen LogP contribution < -0.4 is 5.73 Å². The first-order valence-electron chi connectivity index (χ1n) is 4.71. The number of carbonyl (C=O) groups is 1. The van der Waals surface area contributed by atoms with E-state index in [1.807, 2.05) is 0 Å². The molecule has 1 aromatic heterocycles. The maximum absolute atomic E-state index is 12.2. The summed E-state index contributed by atoms with van der Waals surface area (Å²) in [5.41, 5.74) is 5.73. The number of hydrogen-bond donors (Lipinski definition) is 2. The molecule has 2 rings (SSSR count). The van der Waals surface area contributed by atoms with E-state index in [1.165, 1.54) is 18.2 Å². The molecular weight excluding hydrogens is 235 g/mol. The van der Waals surface area contributed by atoms with Crippen molar-refractivity contribution in [2.24, 2.45) is 5.73 Å². The number of aromatic amines is 1. The van der Waals surface area contributed by atoms with Crippen molar-refractivity contribution >= 4 is 16.9 Å². The van der Waals surface area contributed by atoms with Crippen LogP contribution in [0.15, 0.2) is 18.2 Å². The number of benzene rings is 1. The Morgan fingerprint density at radius 1 is 1.41 bits per heavy atom. The number of rotatable bonds is 2. The fourth-order valence-corrected chi connectivity index (χ4v) is 1.56. The summed E-state index contributed by atoms with van der Waals surface area (Å²) in [7, 11) is 0. The number of primary amides is 1. The standard InChI is InChI=1S/C10H8F3N3O/c11-10(12,13)4-7-15-6-3-1-2-5(9(14)17)8(6)16-7/h1-3H,4H2,(H2,14,17)(H,15,16). The average molecular weight is 243 g/mol. The summed E-state index contributed by atoms with van der Waals surface area (Å²) in [6.07, 6.45) is -5.51. The first-order chi connectivity index (χ1) is 7.87. The van der Waals surface area contributed by atoms with E-state index in [1.54, 1.807) is 0 Å². The molecule has 0 saturated carbocycles. The molecule has 0 fully saturated rings. The minimum atomic E-state index is -4.35. The van der Waals surface area contributed by atoms with Crippen LogP contribution in [0.1, 0.15) is 16.2 Å². The summed E-state index contributed by atoms with van der Waals surface area (Å²) in [4.78, 5) is 17.3. The SMILES string of the molecule is NC(=O)c1cccc2[nH]c(CC(F)(F)F)nc12. The Hall–Kier alpha value is -2.05. The molecule has 7 heteroatoms. The van der Waals surface area contributed by atoms with Crippen LogP contribution in [-0.2, 0) is 6.42 Å². The van der Waals surface area contributed by atoms with Crippen molar-refractivity contribution < 1.29 is 18.0 Å². The lowest BCUT2D eigenvalue weighted by molar-refractivity contribution is -0.128. The van der Waals surface area contributed by atoms with Crippen molar-refractivity contribution in [3.05, 3.63) is 29.6 Å². The number of imidazole rings is 1. The third kappa shape index (κ3) is 2.38. The Kier molecular flexibility index (Phi) is 2.53. The van der Waals surface area contributed by atoms with Gasteiger partial charge in [0.2, 0.25) is 0 Å². The van der Waals surface area contributed by atoms with Crippen molar-refractivity contribution in [3.63, 3.8) is 0 Å². The molecule has 0 bridgehead atoms. The lowest BCUT2D eigenvalue weighted by Crippen LogP contribution is -2.13. The molecule has 1 heterocycles. The second kappa shape index (κ2) is 3.76. The Morgan fingerprint density at radius 3 is 2.71 bits per heavy atom. The smallest absolute Gasteiger partial charge is 0.366 e. The molecule has 0 radical (unpaired) electrons. The number of para-hydroxylation sites is 1. The molecule has 0 aliphatic carbocycles. The van der Waals surface area contributed by atoms with Crippen LogP contribution in [-0.4, -0.2) is 22.1 Å². The summed E-state index contributed by atoms with van der Waals surface area (Å²) < 4.78 is 36.5. The molecule has 0 saturated heterocycles. The molecule has 0 aliphatic heterocycles. The van der Waals surface area contributed by atoms with E-state index in [0.717, 1.165) is 0 Å². The summed E-state index contributed by atoms with van der Waals surface area (Å²) in [6.45, 7) is 0. The average Bonchev–Trinajstić information content (AvgIpc) is 2.55. The van der Waals surface area contributed by atoms with Crippen LogP contribution in [0.4, 0.5) is 13.2 Å². The Balaban J connectivity index is 2.50. The monoisotopic (exact) mass is 243 g/mol. The van der Waals surface area contributed by atoms with E-state index in [4.69, 9.17) is 5.73 Å². The van der Waals surface area contributed by atoms with E-state index in [2.05, 4.69) is 9.97 Å². The van der Waals surface area contributed by atoms with Crippen molar-refractivity contribution in [2.75, 3.05) is 0 Å². The number of carbonyl (C=O) groups excluding carboxylic acids is 1. The second-order valence-electron chi connectivity index (χ2n) is 3.54. The molecule has 3 N–H and O–H groups in total. The van der Waals surface area contributed by atoms with Gasteiger partial charge in [-0.05, 0) is 12.1 Å². The predicted molar refractivity (Wildman–Crippen MR) is 54.4 cm³/mol. The zero-order valence-electron chi connectivity index (χ0n) is 8.51. The molecule has 0 atom stereocenters. The largest absolute Gasteiger partial charge is 0.396 e. The highest BCUT2D eigenvalue weighted by Crippen LogP contribution is 2.22. The Bertz CT molecular complexity index is 574. The van der Waals surface area contributed by atoms with Gasteiger partial charge >= 0.3 is 6.18 Å². The minimum Gasteiger partial charge on any atom is -0.366 e. The number of hydrogen-bond acceptors (Lipinski definition) is 2. The number of aromatic nitrogens is 2. The zero-order valence-corrected chi connectivity index (χ0v) is 8.51. The molecule has 0 spiro atoms. The summed E-state index contributed by atoms with van der Waals surface area (Å²) >= 11 is 0. The quantitative estimate of drug-likeness (QED) is 0.843. The highest BCUT2D eigenvalue weighted by Gasteiger charge is 2.29. The highest BCUT2D eigenvalue weighted by atomic mass is 19.4. The maximum atomic E-state index is 12.2. The molecule has 1 aromatic carbocycles. The fraction of sp³-hybridized carbons (Fsp3) is 0.200. The van der Waals surface area contributed by atoms with Crippen LogP contribution in [0.2, 0.25) is 0 Å². The maximum Gasteiger partial charge on any atom is 0.396 e. The van der Waals surface area contributed by atoms with Gasteiger partial charge in [-0.3, -0.25) is 4.79 Å². The number of halogens is 3. The molecular formula is C10H8F3N3O. The molecule has 0 aliphatic rings. The zero-order chi connectivity index (χ0) is 12.6. The number of fused-ring (bicyclic) bond motifs is 1. The van der Waals surface area contributed by atoms with Gasteiger partial charge in [0.25, 0.3) is 5.91 Å². The Labute approximate surface area is 93.6 Å². The molecule has 17 heavy (non-hydrogen) atoms. The van der Waals surface area contributed by atoms with Crippen LogP contribution in [0.5, 0.6) is 0 Å². The Morgan fingerprint density at radius 2 is 2.12 bits per heavy atom. The lowest BCUT2D eigenvalue weighted by atomic mass is 10.2. The number of nitrogens with zero attached hydrogens (tertiary/aromatic N) is 1. The van der Waals surface area contributed by atoms with E-state index >= 15 is 0 Å². The summed E-state index contributed by atoms with van der Waals surface area (Å²) in [6, 6.07) is 4.48. The molecule has 4 nitrogen and oxygen atoms in total. The van der Waals surface area contributed by atoms with Crippen molar-refractivity contribution in [1.82, 2.24) is 9.97 Å². The highest BCUT2D eigenvalue weighted by molar-refractivity contribution is 6.03. The van der Waals surface area contributed by atoms with Crippen LogP contribution in [0.3, 0.4) is 0 Å². The molecule has 1 amide bonds. The molecule has 0 unspecified atom stereocenters. The number of nitrogens with one attached hydrogen (secondary N) is 1. The third-order valence-corrected chi connectivity index (χ3v) is 2.20. The van der Waals surface area contributed by atoms with Gasteiger partial charge in [0, 0.05) is 0 Å². The van der Waals surface area contributed by atoms with Gasteiger partial charge in [-0.2, -0.15) is 13.2 Å². The van der Waals surface area contributed by atoms with Gasteiger partial charge in [-0.25, -0.2) is 4.98 Å². The first-order valence-corrected chi connectivity index (χ1v) is 4.71. The predicted octanol–water partition coefficient (Wildman–Crippen LogP) is 1.77. The van der Waals surface area contributed by atoms with Crippen LogP contribution >= 0.6 is 0 Å². The van der Waals surface area contributed by atoms with E-state index < -0.39 is 18.5 Å². The minimum absolute atomic E-state index is 0.104. The molecule has 2 aromatic rings. The third-order valence-electron chi connectivity index (χ3n) is 2.20. The van der Waals surface area contributed by atoms with Gasteiger partial charge < -0.3 is 10.7 Å². The van der Waals surface area contributed by atoms with Crippen molar-refractivity contribution in [1.29, 1.82) is 0 Å². The molecule has 90 valence electrons. The van der Waals surface area contributed by atoms with Gasteiger partial charge in [0.05, 0.1) is 11.1 Å². The second-order valence-corrected chi connectivity index (χ2v) is 3.54. The van der Waals surface area contributed by atoms with E-state index in [-0.39, 0.29) is 16.9 Å². The normalized spacial score (nSPS) is 11.9. The topological polar surface area (TPSA) is 71.8 Å². The van der Waals surface area contributed by atoms with Gasteiger partial charge in [-0.15, -0.1) is 0 Å².